The first-order chi connectivity index (χ1) is 10.1. The largest absolute Gasteiger partial charge is 0.480 e. The molecule has 9 N–H and O–H groups in total. The van der Waals surface area contributed by atoms with E-state index in [4.69, 9.17) is 20.7 Å². The minimum absolute atomic E-state index is 0.935. The van der Waals surface area contributed by atoms with Gasteiger partial charge in [0.2, 0.25) is 0 Å². The van der Waals surface area contributed by atoms with Crippen molar-refractivity contribution in [3.05, 3.63) is 0 Å². The molecule has 0 aromatic rings. The van der Waals surface area contributed by atoms with Crippen LogP contribution in [0.4, 0.5) is 0 Å². The Labute approximate surface area is 124 Å². The third kappa shape index (κ3) is 2.79. The van der Waals surface area contributed by atoms with Gasteiger partial charge in [-0.3, -0.25) is 4.79 Å². The smallest absolute Gasteiger partial charge is 0.338 e. The zero-order chi connectivity index (χ0) is 17.3. The van der Waals surface area contributed by atoms with E-state index in [-0.39, 0.29) is 0 Å². The number of carboxylic acid groups (broad SMARTS) is 2. The number of ether oxygens (including phenoxy) is 1. The zero-order valence-electron chi connectivity index (χ0n) is 11.4. The molecule has 6 atom stereocenters. The van der Waals surface area contributed by atoms with Gasteiger partial charge in [-0.05, 0) is 0 Å². The van der Waals surface area contributed by atoms with Gasteiger partial charge in [0, 0.05) is 6.42 Å². The molecule has 1 rings (SSSR count). The van der Waals surface area contributed by atoms with E-state index in [2.05, 4.69) is 0 Å². The lowest BCUT2D eigenvalue weighted by Gasteiger charge is -2.32. The van der Waals surface area contributed by atoms with Crippen molar-refractivity contribution >= 4 is 11.9 Å². The van der Waals surface area contributed by atoms with Crippen LogP contribution in [0.3, 0.4) is 0 Å². The standard InChI is InChI=1S/C11H19NO10/c12-4(7(16)17)1-11(9(19)20)8(18)10(21,3-14)6(22-11)5(15)2-13/h4-6,8,13-15,18,21H,1-3,12H2,(H,16,17)(H,19,20)/t4?,5?,6-,8-,10-,11+/m0/s1. The first-order valence-electron chi connectivity index (χ1n) is 6.26. The van der Waals surface area contributed by atoms with Gasteiger partial charge >= 0.3 is 11.9 Å². The third-order valence-electron chi connectivity index (χ3n) is 3.74. The molecule has 1 aliphatic heterocycles. The minimum atomic E-state index is -2.67. The maximum Gasteiger partial charge on any atom is 0.338 e. The van der Waals surface area contributed by atoms with Crippen LogP contribution in [-0.2, 0) is 14.3 Å². The van der Waals surface area contributed by atoms with Crippen LogP contribution in [0.2, 0.25) is 0 Å². The quantitative estimate of drug-likeness (QED) is 0.223. The third-order valence-corrected chi connectivity index (χ3v) is 3.74. The van der Waals surface area contributed by atoms with Gasteiger partial charge in [-0.25, -0.2) is 4.79 Å². The highest BCUT2D eigenvalue weighted by Crippen LogP contribution is 2.42. The van der Waals surface area contributed by atoms with Crippen molar-refractivity contribution in [1.82, 2.24) is 0 Å². The van der Waals surface area contributed by atoms with Gasteiger partial charge in [-0.1, -0.05) is 0 Å². The molecule has 0 spiro atoms. The number of nitrogens with two attached hydrogens (primary N) is 1. The minimum Gasteiger partial charge on any atom is -0.480 e. The summed E-state index contributed by atoms with van der Waals surface area (Å²) in [4.78, 5) is 22.3. The fourth-order valence-electron chi connectivity index (χ4n) is 2.46. The lowest BCUT2D eigenvalue weighted by molar-refractivity contribution is -0.182. The molecule has 11 nitrogen and oxygen atoms in total. The van der Waals surface area contributed by atoms with Crippen molar-refractivity contribution in [3.63, 3.8) is 0 Å². The van der Waals surface area contributed by atoms with Crippen LogP contribution in [-0.4, -0.2) is 96.5 Å². The van der Waals surface area contributed by atoms with Crippen molar-refractivity contribution in [2.24, 2.45) is 5.73 Å². The van der Waals surface area contributed by atoms with Crippen molar-refractivity contribution in [2.45, 2.75) is 42.0 Å². The van der Waals surface area contributed by atoms with Gasteiger partial charge in [-0.2, -0.15) is 0 Å². The molecular weight excluding hydrogens is 306 g/mol. The summed E-state index contributed by atoms with van der Waals surface area (Å²) in [6, 6.07) is -1.75. The summed E-state index contributed by atoms with van der Waals surface area (Å²) in [5.74, 6) is -3.41. The fraction of sp³-hybridized carbons (Fsp3) is 0.818. The molecule has 1 aliphatic rings. The van der Waals surface area contributed by atoms with Crippen molar-refractivity contribution in [1.29, 1.82) is 0 Å². The van der Waals surface area contributed by atoms with Gasteiger partial charge in [0.15, 0.2) is 5.60 Å². The second kappa shape index (κ2) is 6.42. The number of aliphatic carboxylic acids is 2. The number of aliphatic hydroxyl groups is 5. The summed E-state index contributed by atoms with van der Waals surface area (Å²) in [7, 11) is 0. The highest BCUT2D eigenvalue weighted by Gasteiger charge is 2.68. The molecule has 0 amide bonds. The Morgan fingerprint density at radius 3 is 2.18 bits per heavy atom. The van der Waals surface area contributed by atoms with E-state index < -0.39 is 67.1 Å². The average Bonchev–Trinajstić information content (AvgIpc) is 2.69. The molecule has 0 aromatic carbocycles. The van der Waals surface area contributed by atoms with Crippen LogP contribution in [0.5, 0.6) is 0 Å². The summed E-state index contributed by atoms with van der Waals surface area (Å²) in [5.41, 5.74) is -0.0412. The summed E-state index contributed by atoms with van der Waals surface area (Å²) in [6.07, 6.45) is -6.92. The van der Waals surface area contributed by atoms with Crippen LogP contribution in [0, 0.1) is 0 Å². The van der Waals surface area contributed by atoms with E-state index in [1.54, 1.807) is 0 Å². The van der Waals surface area contributed by atoms with Gasteiger partial charge in [0.05, 0.1) is 13.2 Å². The Morgan fingerprint density at radius 2 is 1.82 bits per heavy atom. The van der Waals surface area contributed by atoms with E-state index >= 15 is 0 Å². The molecule has 0 aliphatic carbocycles. The Hall–Kier alpha value is -1.34. The molecule has 11 heteroatoms. The fourth-order valence-corrected chi connectivity index (χ4v) is 2.46. The predicted octanol–water partition coefficient (Wildman–Crippen LogP) is -4.55. The maximum atomic E-state index is 11.5. The van der Waals surface area contributed by atoms with Crippen LogP contribution in [0.1, 0.15) is 6.42 Å². The summed E-state index contributed by atoms with van der Waals surface area (Å²) in [5, 5.41) is 66.2. The van der Waals surface area contributed by atoms with Crippen LogP contribution in [0.15, 0.2) is 0 Å². The SMILES string of the molecule is NC(C[C@@]1(C(=O)O)O[C@@H](C(O)CO)[C@@](O)(CO)[C@@H]1O)C(=O)O. The molecule has 22 heavy (non-hydrogen) atoms. The summed E-state index contributed by atoms with van der Waals surface area (Å²) < 4.78 is 4.99. The molecule has 0 radical (unpaired) electrons. The molecule has 0 aromatic heterocycles. The Kier molecular flexibility index (Phi) is 5.46. The molecule has 2 unspecified atom stereocenters. The molecular formula is C11H19NO10. The lowest BCUT2D eigenvalue weighted by Crippen LogP contribution is -2.60. The van der Waals surface area contributed by atoms with Crippen LogP contribution < -0.4 is 5.73 Å². The monoisotopic (exact) mass is 325 g/mol. The average molecular weight is 325 g/mol. The molecule has 1 heterocycles. The first-order valence-corrected chi connectivity index (χ1v) is 6.26. The van der Waals surface area contributed by atoms with E-state index in [9.17, 15) is 35.1 Å². The lowest BCUT2D eigenvalue weighted by atomic mass is 9.80. The number of hydrogen-bond acceptors (Lipinski definition) is 9. The number of hydrogen-bond donors (Lipinski definition) is 8. The van der Waals surface area contributed by atoms with Crippen molar-refractivity contribution in [3.8, 4) is 0 Å². The van der Waals surface area contributed by atoms with Crippen LogP contribution in [0.25, 0.3) is 0 Å². The number of rotatable bonds is 7. The maximum absolute atomic E-state index is 11.5. The van der Waals surface area contributed by atoms with Crippen LogP contribution >= 0.6 is 0 Å². The summed E-state index contributed by atoms with van der Waals surface area (Å²) >= 11 is 0. The number of carbonyl (C=O) groups is 2. The first kappa shape index (κ1) is 18.7. The molecule has 128 valence electrons. The van der Waals surface area contributed by atoms with Gasteiger partial charge in [-0.15, -0.1) is 0 Å². The van der Waals surface area contributed by atoms with E-state index in [1.807, 2.05) is 0 Å². The highest BCUT2D eigenvalue weighted by molar-refractivity contribution is 5.82. The van der Waals surface area contributed by atoms with E-state index in [1.165, 1.54) is 0 Å². The Bertz CT molecular complexity index is 445. The van der Waals surface area contributed by atoms with E-state index in [0.29, 0.717) is 0 Å². The molecule has 0 saturated carbocycles. The zero-order valence-corrected chi connectivity index (χ0v) is 11.4. The molecule has 1 saturated heterocycles. The second-order valence-electron chi connectivity index (χ2n) is 5.18. The predicted molar refractivity (Wildman–Crippen MR) is 66.6 cm³/mol. The highest BCUT2D eigenvalue weighted by atomic mass is 16.6. The molecule has 0 bridgehead atoms. The second-order valence-corrected chi connectivity index (χ2v) is 5.18. The Morgan fingerprint density at radius 1 is 1.27 bits per heavy atom. The van der Waals surface area contributed by atoms with Crippen molar-refractivity contribution in [2.75, 3.05) is 13.2 Å². The number of carboxylic acids is 2. The van der Waals surface area contributed by atoms with Gasteiger partial charge < -0.3 is 46.2 Å². The van der Waals surface area contributed by atoms with Gasteiger partial charge in [0.25, 0.3) is 0 Å². The van der Waals surface area contributed by atoms with Gasteiger partial charge in [0.1, 0.15) is 30.0 Å². The number of aliphatic hydroxyl groups excluding tert-OH is 4. The van der Waals surface area contributed by atoms with Crippen molar-refractivity contribution < 1.29 is 50.1 Å². The summed E-state index contributed by atoms with van der Waals surface area (Å²) in [6.45, 7) is -2.16. The molecule has 1 fully saturated rings. The topological polar surface area (TPSA) is 211 Å². The Balaban J connectivity index is 3.29. The normalized spacial score (nSPS) is 37.7. The van der Waals surface area contributed by atoms with E-state index in [0.717, 1.165) is 0 Å².